The van der Waals surface area contributed by atoms with Crippen LogP contribution >= 0.6 is 11.6 Å². The average Bonchev–Trinajstić information content (AvgIpc) is 3.35. The predicted octanol–water partition coefficient (Wildman–Crippen LogP) is 5.61. The van der Waals surface area contributed by atoms with Gasteiger partial charge in [0, 0.05) is 18.8 Å². The van der Waals surface area contributed by atoms with E-state index in [1.807, 2.05) is 24.4 Å². The number of allylic oxidation sites excluding steroid dienone is 1. The molecule has 2 nitrogen and oxygen atoms in total. The van der Waals surface area contributed by atoms with Gasteiger partial charge in [-0.2, -0.15) is 0 Å². The molecule has 0 aliphatic heterocycles. The van der Waals surface area contributed by atoms with E-state index in [9.17, 15) is 0 Å². The van der Waals surface area contributed by atoms with E-state index >= 15 is 0 Å². The lowest BCUT2D eigenvalue weighted by Crippen LogP contribution is -2.41. The second-order valence-corrected chi connectivity index (χ2v) is 7.56. The minimum atomic E-state index is 0.382. The van der Waals surface area contributed by atoms with Gasteiger partial charge < -0.3 is 4.98 Å². The molecule has 4 heteroatoms. The van der Waals surface area contributed by atoms with Crippen molar-refractivity contribution in [3.8, 4) is 0 Å². The van der Waals surface area contributed by atoms with E-state index in [-0.39, 0.29) is 0 Å². The summed E-state index contributed by atoms with van der Waals surface area (Å²) in [5, 5.41) is 0. The lowest BCUT2D eigenvalue weighted by Gasteiger charge is -2.12. The summed E-state index contributed by atoms with van der Waals surface area (Å²) in [5.41, 5.74) is 7.02. The molecule has 31 heavy (non-hydrogen) atoms. The van der Waals surface area contributed by atoms with Gasteiger partial charge in [0.05, 0.1) is 0 Å². The first-order valence-corrected chi connectivity index (χ1v) is 11.2. The Hall–Kier alpha value is -3.04. The van der Waals surface area contributed by atoms with Gasteiger partial charge in [-0.05, 0) is 29.4 Å². The summed E-state index contributed by atoms with van der Waals surface area (Å²) in [7, 11) is 0. The van der Waals surface area contributed by atoms with Crippen molar-refractivity contribution in [3.63, 3.8) is 0 Å². The SMILES string of the molecule is CCc1ccccc1Cc1ncc[nH]1.ClC=CCB(c1ccccc1)c1ccccc1. The van der Waals surface area contributed by atoms with Crippen molar-refractivity contribution in [2.75, 3.05) is 0 Å². The normalized spacial score (nSPS) is 10.5. The van der Waals surface area contributed by atoms with E-state index in [0.29, 0.717) is 6.71 Å². The number of nitrogens with one attached hydrogen (secondary N) is 1. The lowest BCUT2D eigenvalue weighted by atomic mass is 9.39. The molecule has 0 bridgehead atoms. The predicted molar refractivity (Wildman–Crippen MR) is 135 cm³/mol. The zero-order chi connectivity index (χ0) is 21.7. The first kappa shape index (κ1) is 22.6. The van der Waals surface area contributed by atoms with Crippen LogP contribution in [0.15, 0.2) is 109 Å². The molecule has 0 unspecified atom stereocenters. The van der Waals surface area contributed by atoms with Gasteiger partial charge in [0.25, 0.3) is 0 Å². The second kappa shape index (κ2) is 12.6. The molecular weight excluding hydrogens is 399 g/mol. The number of nitrogens with zero attached hydrogens (tertiary/aromatic N) is 1. The van der Waals surface area contributed by atoms with Gasteiger partial charge in [0.15, 0.2) is 0 Å². The van der Waals surface area contributed by atoms with Crippen LogP contribution < -0.4 is 10.9 Å². The molecule has 4 aromatic rings. The van der Waals surface area contributed by atoms with Gasteiger partial charge in [0.2, 0.25) is 6.71 Å². The van der Waals surface area contributed by atoms with Crippen molar-refractivity contribution in [2.45, 2.75) is 26.1 Å². The molecular formula is C27H28BClN2. The molecule has 4 rings (SSSR count). The molecule has 0 radical (unpaired) electrons. The van der Waals surface area contributed by atoms with Crippen LogP contribution in [0.3, 0.4) is 0 Å². The third kappa shape index (κ3) is 7.01. The molecule has 0 amide bonds. The Morgan fingerprint density at radius 2 is 1.42 bits per heavy atom. The van der Waals surface area contributed by atoms with Crippen LogP contribution in [0, 0.1) is 0 Å². The van der Waals surface area contributed by atoms with Crippen LogP contribution in [-0.4, -0.2) is 16.7 Å². The zero-order valence-corrected chi connectivity index (χ0v) is 18.7. The molecule has 0 saturated carbocycles. The maximum Gasteiger partial charge on any atom is 0.213 e. The van der Waals surface area contributed by atoms with Crippen molar-refractivity contribution < 1.29 is 0 Å². The smallest absolute Gasteiger partial charge is 0.213 e. The topological polar surface area (TPSA) is 28.7 Å². The number of aryl methyl sites for hydroxylation is 1. The fourth-order valence-electron chi connectivity index (χ4n) is 3.67. The second-order valence-electron chi connectivity index (χ2n) is 7.31. The number of rotatable bonds is 7. The molecule has 0 spiro atoms. The largest absolute Gasteiger partial charge is 0.348 e. The van der Waals surface area contributed by atoms with Crippen molar-refractivity contribution in [2.24, 2.45) is 0 Å². The van der Waals surface area contributed by atoms with Crippen molar-refractivity contribution >= 4 is 29.2 Å². The Balaban J connectivity index is 0.000000179. The molecule has 0 fully saturated rings. The summed E-state index contributed by atoms with van der Waals surface area (Å²) in [6, 6.07) is 29.6. The molecule has 1 aromatic heterocycles. The number of benzene rings is 3. The van der Waals surface area contributed by atoms with Crippen molar-refractivity contribution in [1.29, 1.82) is 0 Å². The van der Waals surface area contributed by atoms with Gasteiger partial charge in [-0.3, -0.25) is 0 Å². The minimum absolute atomic E-state index is 0.382. The minimum Gasteiger partial charge on any atom is -0.348 e. The van der Waals surface area contributed by atoms with Gasteiger partial charge >= 0.3 is 0 Å². The average molecular weight is 427 g/mol. The fourth-order valence-corrected chi connectivity index (χ4v) is 3.78. The number of aromatic nitrogens is 2. The molecule has 3 aromatic carbocycles. The lowest BCUT2D eigenvalue weighted by molar-refractivity contribution is 0.988. The summed E-state index contributed by atoms with van der Waals surface area (Å²) < 4.78 is 0. The molecule has 1 heterocycles. The molecule has 0 saturated heterocycles. The monoisotopic (exact) mass is 426 g/mol. The highest BCUT2D eigenvalue weighted by molar-refractivity contribution is 6.85. The highest BCUT2D eigenvalue weighted by Gasteiger charge is 2.16. The summed E-state index contributed by atoms with van der Waals surface area (Å²) >= 11 is 5.64. The van der Waals surface area contributed by atoms with Crippen molar-refractivity contribution in [3.05, 3.63) is 126 Å². The molecule has 1 N–H and O–H groups in total. The Morgan fingerprint density at radius 3 is 1.94 bits per heavy atom. The first-order chi connectivity index (χ1) is 15.3. The Bertz CT molecular complexity index is 992. The van der Waals surface area contributed by atoms with Gasteiger partial charge in [-0.25, -0.2) is 4.98 Å². The maximum atomic E-state index is 5.64. The van der Waals surface area contributed by atoms with Crippen LogP contribution in [-0.2, 0) is 12.8 Å². The van der Waals surface area contributed by atoms with Gasteiger partial charge in [-0.1, -0.05) is 120 Å². The molecule has 0 atom stereocenters. The Morgan fingerprint density at radius 1 is 0.839 bits per heavy atom. The van der Waals surface area contributed by atoms with Crippen LogP contribution in [0.2, 0.25) is 6.32 Å². The van der Waals surface area contributed by atoms with Crippen LogP contribution in [0.25, 0.3) is 0 Å². The van der Waals surface area contributed by atoms with Crippen molar-refractivity contribution in [1.82, 2.24) is 9.97 Å². The number of hydrogen-bond donors (Lipinski definition) is 1. The Kier molecular flexibility index (Phi) is 9.21. The van der Waals surface area contributed by atoms with Crippen LogP contribution in [0.1, 0.15) is 23.9 Å². The third-order valence-electron chi connectivity index (χ3n) is 5.28. The molecule has 0 aliphatic carbocycles. The zero-order valence-electron chi connectivity index (χ0n) is 17.9. The number of imidazole rings is 1. The highest BCUT2D eigenvalue weighted by atomic mass is 35.5. The first-order valence-electron chi connectivity index (χ1n) is 10.7. The van der Waals surface area contributed by atoms with Gasteiger partial charge in [-0.15, -0.1) is 0 Å². The highest BCUT2D eigenvalue weighted by Crippen LogP contribution is 2.12. The fraction of sp³-hybridized carbons (Fsp3) is 0.148. The van der Waals surface area contributed by atoms with Crippen LogP contribution in [0.5, 0.6) is 0 Å². The van der Waals surface area contributed by atoms with E-state index in [1.54, 1.807) is 11.7 Å². The molecule has 156 valence electrons. The van der Waals surface area contributed by atoms with Crippen LogP contribution in [0.4, 0.5) is 0 Å². The number of aromatic amines is 1. The standard InChI is InChI=1S/C15H14BCl.C12H14N2/c17-13-7-12-16(14-8-3-1-4-9-14)15-10-5-2-6-11-15;1-2-10-5-3-4-6-11(10)9-12-13-7-8-14-12/h1-11,13H,12H2;3-8H,2,9H2,1H3,(H,13,14). The quantitative estimate of drug-likeness (QED) is 0.382. The van der Waals surface area contributed by atoms with E-state index in [0.717, 1.165) is 25.0 Å². The maximum absolute atomic E-state index is 5.64. The summed E-state index contributed by atoms with van der Waals surface area (Å²) in [4.78, 5) is 7.36. The van der Waals surface area contributed by atoms with E-state index in [2.05, 4.69) is 89.7 Å². The van der Waals surface area contributed by atoms with E-state index < -0.39 is 0 Å². The summed E-state index contributed by atoms with van der Waals surface area (Å²) in [6.45, 7) is 2.56. The van der Waals surface area contributed by atoms with Gasteiger partial charge in [0.1, 0.15) is 5.82 Å². The summed E-state index contributed by atoms with van der Waals surface area (Å²) in [5.74, 6) is 1.03. The third-order valence-corrected chi connectivity index (χ3v) is 5.45. The molecule has 0 aliphatic rings. The Labute approximate surface area is 191 Å². The number of H-pyrrole nitrogens is 1. The number of hydrogen-bond acceptors (Lipinski definition) is 1. The summed E-state index contributed by atoms with van der Waals surface area (Å²) in [6.07, 6.45) is 8.57. The van der Waals surface area contributed by atoms with E-state index in [4.69, 9.17) is 11.6 Å². The van der Waals surface area contributed by atoms with E-state index in [1.165, 1.54) is 22.1 Å². The number of halogens is 1.